The third-order valence-corrected chi connectivity index (χ3v) is 6.03. The smallest absolute Gasteiger partial charge is 0.282 e. The number of piperazine rings is 1. The predicted octanol–water partition coefficient (Wildman–Crippen LogP) is -0.316. The van der Waals surface area contributed by atoms with Crippen molar-refractivity contribution in [2.75, 3.05) is 52.4 Å². The monoisotopic (exact) mass is 290 g/mol. The zero-order valence-corrected chi connectivity index (χ0v) is 12.4. The van der Waals surface area contributed by atoms with Crippen LogP contribution in [0.25, 0.3) is 0 Å². The summed E-state index contributed by atoms with van der Waals surface area (Å²) in [6.45, 7) is 5.65. The topological polar surface area (TPSA) is 69.9 Å². The van der Waals surface area contributed by atoms with Gasteiger partial charge in [0.25, 0.3) is 10.2 Å². The van der Waals surface area contributed by atoms with Crippen LogP contribution in [0.1, 0.15) is 25.7 Å². The lowest BCUT2D eigenvalue weighted by Crippen LogP contribution is -2.53. The Balaban J connectivity index is 1.92. The van der Waals surface area contributed by atoms with Crippen LogP contribution < -0.4 is 5.73 Å². The highest BCUT2D eigenvalue weighted by atomic mass is 32.2. The van der Waals surface area contributed by atoms with Crippen LogP contribution in [0.5, 0.6) is 0 Å². The van der Waals surface area contributed by atoms with Crippen molar-refractivity contribution in [3.63, 3.8) is 0 Å². The third kappa shape index (κ3) is 3.88. The van der Waals surface area contributed by atoms with E-state index in [0.29, 0.717) is 32.7 Å². The molecule has 0 spiro atoms. The van der Waals surface area contributed by atoms with Crippen molar-refractivity contribution in [3.8, 4) is 0 Å². The second-order valence-corrected chi connectivity index (χ2v) is 7.28. The highest BCUT2D eigenvalue weighted by Crippen LogP contribution is 2.17. The van der Waals surface area contributed by atoms with Crippen LogP contribution in [-0.2, 0) is 10.2 Å². The Bertz CT molecular complexity index is 358. The van der Waals surface area contributed by atoms with Gasteiger partial charge in [0.1, 0.15) is 0 Å². The van der Waals surface area contributed by atoms with Gasteiger partial charge in [-0.25, -0.2) is 0 Å². The summed E-state index contributed by atoms with van der Waals surface area (Å²) in [6, 6.07) is 0. The number of hydrogen-bond acceptors (Lipinski definition) is 4. The molecule has 0 aromatic carbocycles. The average Bonchev–Trinajstić information content (AvgIpc) is 2.69. The predicted molar refractivity (Wildman–Crippen MR) is 76.0 cm³/mol. The highest BCUT2D eigenvalue weighted by molar-refractivity contribution is 7.86. The van der Waals surface area contributed by atoms with E-state index in [2.05, 4.69) is 4.90 Å². The standard InChI is InChI=1S/C12H26N4O2S/c13-5-8-14-9-11-16(12-10-14)19(17,18)15-6-3-1-2-4-7-15/h1-13H2. The molecule has 7 heteroatoms. The molecule has 0 aliphatic carbocycles. The van der Waals surface area contributed by atoms with Crippen molar-refractivity contribution in [1.82, 2.24) is 13.5 Å². The minimum absolute atomic E-state index is 0.596. The zero-order valence-electron chi connectivity index (χ0n) is 11.6. The molecule has 2 heterocycles. The van der Waals surface area contributed by atoms with Gasteiger partial charge in [-0.1, -0.05) is 12.8 Å². The van der Waals surface area contributed by atoms with Gasteiger partial charge < -0.3 is 5.73 Å². The quantitative estimate of drug-likeness (QED) is 0.771. The number of hydrogen-bond donors (Lipinski definition) is 1. The fourth-order valence-electron chi connectivity index (χ4n) is 2.80. The summed E-state index contributed by atoms with van der Waals surface area (Å²) in [5.74, 6) is 0. The van der Waals surface area contributed by atoms with Crippen LogP contribution in [0.4, 0.5) is 0 Å². The van der Waals surface area contributed by atoms with E-state index >= 15 is 0 Å². The molecule has 0 aromatic rings. The van der Waals surface area contributed by atoms with Crippen LogP contribution in [0.15, 0.2) is 0 Å². The molecule has 6 nitrogen and oxygen atoms in total. The first kappa shape index (κ1) is 15.2. The molecule has 0 amide bonds. The van der Waals surface area contributed by atoms with E-state index in [1.807, 2.05) is 0 Å². The SMILES string of the molecule is NCCN1CCN(S(=O)(=O)N2CCCCCC2)CC1. The van der Waals surface area contributed by atoms with Crippen LogP contribution in [0.2, 0.25) is 0 Å². The first-order valence-electron chi connectivity index (χ1n) is 7.32. The van der Waals surface area contributed by atoms with Crippen molar-refractivity contribution in [1.29, 1.82) is 0 Å². The van der Waals surface area contributed by atoms with Crippen LogP contribution >= 0.6 is 0 Å². The third-order valence-electron chi connectivity index (χ3n) is 3.99. The minimum Gasteiger partial charge on any atom is -0.329 e. The van der Waals surface area contributed by atoms with Gasteiger partial charge in [-0.05, 0) is 12.8 Å². The summed E-state index contributed by atoms with van der Waals surface area (Å²) in [6.07, 6.45) is 4.28. The summed E-state index contributed by atoms with van der Waals surface area (Å²) >= 11 is 0. The minimum atomic E-state index is -3.24. The van der Waals surface area contributed by atoms with Crippen molar-refractivity contribution in [3.05, 3.63) is 0 Å². The van der Waals surface area contributed by atoms with Gasteiger partial charge in [-0.15, -0.1) is 0 Å². The normalized spacial score (nSPS) is 25.3. The van der Waals surface area contributed by atoms with Gasteiger partial charge in [0.2, 0.25) is 0 Å². The Labute approximate surface area is 116 Å². The van der Waals surface area contributed by atoms with Crippen molar-refractivity contribution in [2.24, 2.45) is 5.73 Å². The van der Waals surface area contributed by atoms with E-state index in [1.54, 1.807) is 8.61 Å². The maximum Gasteiger partial charge on any atom is 0.282 e. The lowest BCUT2D eigenvalue weighted by molar-refractivity contribution is 0.185. The molecule has 0 saturated carbocycles. The number of rotatable bonds is 4. The first-order chi connectivity index (χ1) is 9.14. The van der Waals surface area contributed by atoms with Crippen molar-refractivity contribution < 1.29 is 8.42 Å². The van der Waals surface area contributed by atoms with Gasteiger partial charge in [-0.2, -0.15) is 17.0 Å². The number of nitrogens with two attached hydrogens (primary N) is 1. The molecule has 2 saturated heterocycles. The zero-order chi connectivity index (χ0) is 13.7. The molecule has 19 heavy (non-hydrogen) atoms. The van der Waals surface area contributed by atoms with E-state index in [9.17, 15) is 8.42 Å². The van der Waals surface area contributed by atoms with Gasteiger partial charge in [0.05, 0.1) is 0 Å². The maximum atomic E-state index is 12.6. The van der Waals surface area contributed by atoms with E-state index in [4.69, 9.17) is 5.73 Å². The Hall–Kier alpha value is -0.210. The van der Waals surface area contributed by atoms with Gasteiger partial charge in [0.15, 0.2) is 0 Å². The molecular weight excluding hydrogens is 264 g/mol. The molecule has 0 aromatic heterocycles. The lowest BCUT2D eigenvalue weighted by atomic mass is 10.2. The largest absolute Gasteiger partial charge is 0.329 e. The Morgan fingerprint density at radius 3 is 1.84 bits per heavy atom. The van der Waals surface area contributed by atoms with Gasteiger partial charge in [-0.3, -0.25) is 4.90 Å². The fourth-order valence-corrected chi connectivity index (χ4v) is 4.47. The van der Waals surface area contributed by atoms with E-state index in [1.165, 1.54) is 0 Å². The lowest BCUT2D eigenvalue weighted by Gasteiger charge is -2.36. The maximum absolute atomic E-state index is 12.6. The molecule has 2 N–H and O–H groups in total. The molecule has 0 atom stereocenters. The summed E-state index contributed by atoms with van der Waals surface area (Å²) in [7, 11) is -3.24. The van der Waals surface area contributed by atoms with Crippen LogP contribution in [0.3, 0.4) is 0 Å². The Morgan fingerprint density at radius 2 is 1.32 bits per heavy atom. The fraction of sp³-hybridized carbons (Fsp3) is 1.00. The molecule has 0 radical (unpaired) electrons. The van der Waals surface area contributed by atoms with Crippen LogP contribution in [-0.4, -0.2) is 74.3 Å². The molecule has 2 rings (SSSR count). The van der Waals surface area contributed by atoms with Crippen molar-refractivity contribution >= 4 is 10.2 Å². The van der Waals surface area contributed by atoms with Gasteiger partial charge in [0, 0.05) is 52.4 Å². The second-order valence-electron chi connectivity index (χ2n) is 5.35. The van der Waals surface area contributed by atoms with E-state index in [0.717, 1.165) is 45.3 Å². The average molecular weight is 290 g/mol. The number of nitrogens with zero attached hydrogens (tertiary/aromatic N) is 3. The molecule has 112 valence electrons. The molecule has 0 unspecified atom stereocenters. The highest BCUT2D eigenvalue weighted by Gasteiger charge is 2.32. The van der Waals surface area contributed by atoms with E-state index in [-0.39, 0.29) is 0 Å². The molecule has 2 aliphatic heterocycles. The van der Waals surface area contributed by atoms with Gasteiger partial charge >= 0.3 is 0 Å². The molecular formula is C12H26N4O2S. The summed E-state index contributed by atoms with van der Waals surface area (Å²) in [4.78, 5) is 2.23. The second kappa shape index (κ2) is 6.99. The molecule has 0 bridgehead atoms. The summed E-state index contributed by atoms with van der Waals surface area (Å²) in [5.41, 5.74) is 5.53. The summed E-state index contributed by atoms with van der Waals surface area (Å²) in [5, 5.41) is 0. The first-order valence-corrected chi connectivity index (χ1v) is 8.72. The van der Waals surface area contributed by atoms with Crippen molar-refractivity contribution in [2.45, 2.75) is 25.7 Å². The molecule has 2 fully saturated rings. The Morgan fingerprint density at radius 1 is 0.789 bits per heavy atom. The van der Waals surface area contributed by atoms with E-state index < -0.39 is 10.2 Å². The van der Waals surface area contributed by atoms with Crippen LogP contribution in [0, 0.1) is 0 Å². The summed E-state index contributed by atoms with van der Waals surface area (Å²) < 4.78 is 28.5. The molecule has 2 aliphatic rings. The Kier molecular flexibility index (Phi) is 5.58.